The van der Waals surface area contributed by atoms with E-state index in [9.17, 15) is 9.59 Å². The van der Waals surface area contributed by atoms with Crippen molar-refractivity contribution in [3.05, 3.63) is 43.3 Å². The smallest absolute Gasteiger partial charge is 0.266 e. The minimum atomic E-state index is -0.275. The number of fused-ring (bicyclic) bond motifs is 1. The second kappa shape index (κ2) is 5.99. The van der Waals surface area contributed by atoms with Crippen LogP contribution in [0.15, 0.2) is 18.2 Å². The third-order valence-electron chi connectivity index (χ3n) is 3.47. The van der Waals surface area contributed by atoms with Crippen LogP contribution in [0, 0.1) is 6.92 Å². The third kappa shape index (κ3) is 3.16. The van der Waals surface area contributed by atoms with Gasteiger partial charge in [0.15, 0.2) is 0 Å². The minimum absolute atomic E-state index is 0.240. The van der Waals surface area contributed by atoms with Crippen molar-refractivity contribution in [2.75, 3.05) is 0 Å². The molecule has 2 N–H and O–H groups in total. The lowest BCUT2D eigenvalue weighted by atomic mass is 9.99. The molecule has 1 aliphatic carbocycles. The highest BCUT2D eigenvalue weighted by atomic mass is 32.1. The molecule has 0 aliphatic heterocycles. The number of rotatable bonds is 2. The Hall–Kier alpha value is -1.66. The first kappa shape index (κ1) is 14.3. The van der Waals surface area contributed by atoms with Crippen LogP contribution < -0.4 is 10.9 Å². The van der Waals surface area contributed by atoms with E-state index < -0.39 is 0 Å². The van der Waals surface area contributed by atoms with E-state index in [-0.39, 0.29) is 11.8 Å². The summed E-state index contributed by atoms with van der Waals surface area (Å²) in [6.45, 7) is 1.94. The number of aryl methyl sites for hydroxylation is 3. The van der Waals surface area contributed by atoms with Crippen LogP contribution in [0.1, 0.15) is 47.5 Å². The number of nitrogens with one attached hydrogen (secondary N) is 2. The number of hydrazine groups is 1. The average molecular weight is 320 g/mol. The standard InChI is InChI=1S/C15H16N2O2S2/c1-9-6-7-12(20-9)14(18)16-17-15(19)13-8-10-4-2-3-5-11(10)21-13/h6-8H,2-5H2,1H3,(H,16,18)(H,17,19). The molecule has 110 valence electrons. The van der Waals surface area contributed by atoms with Crippen molar-refractivity contribution in [1.82, 2.24) is 10.9 Å². The molecule has 1 aliphatic rings. The van der Waals surface area contributed by atoms with Gasteiger partial charge in [-0.1, -0.05) is 0 Å². The molecule has 0 saturated carbocycles. The summed E-state index contributed by atoms with van der Waals surface area (Å²) < 4.78 is 0. The van der Waals surface area contributed by atoms with Gasteiger partial charge in [-0.05, 0) is 56.4 Å². The molecule has 0 fully saturated rings. The molecular weight excluding hydrogens is 304 g/mol. The van der Waals surface area contributed by atoms with Crippen molar-refractivity contribution in [3.63, 3.8) is 0 Å². The fourth-order valence-electron chi connectivity index (χ4n) is 2.40. The lowest BCUT2D eigenvalue weighted by molar-refractivity contribution is 0.0851. The Morgan fingerprint density at radius 2 is 1.71 bits per heavy atom. The van der Waals surface area contributed by atoms with Crippen LogP contribution in [0.2, 0.25) is 0 Å². The van der Waals surface area contributed by atoms with Gasteiger partial charge in [0.05, 0.1) is 9.75 Å². The molecule has 0 aromatic carbocycles. The molecule has 6 heteroatoms. The van der Waals surface area contributed by atoms with Gasteiger partial charge < -0.3 is 0 Å². The van der Waals surface area contributed by atoms with E-state index in [1.807, 2.05) is 19.1 Å². The van der Waals surface area contributed by atoms with Crippen LogP contribution in [0.25, 0.3) is 0 Å². The zero-order valence-corrected chi connectivity index (χ0v) is 13.3. The van der Waals surface area contributed by atoms with Gasteiger partial charge in [-0.2, -0.15) is 0 Å². The first-order valence-electron chi connectivity index (χ1n) is 6.92. The minimum Gasteiger partial charge on any atom is -0.266 e. The van der Waals surface area contributed by atoms with Crippen molar-refractivity contribution in [2.45, 2.75) is 32.6 Å². The molecule has 3 rings (SSSR count). The fraction of sp³-hybridized carbons (Fsp3) is 0.333. The van der Waals surface area contributed by atoms with E-state index in [1.54, 1.807) is 6.07 Å². The van der Waals surface area contributed by atoms with Crippen LogP contribution in [0.4, 0.5) is 0 Å². The lowest BCUT2D eigenvalue weighted by Gasteiger charge is -2.08. The summed E-state index contributed by atoms with van der Waals surface area (Å²) in [5, 5.41) is 0. The predicted molar refractivity (Wildman–Crippen MR) is 84.9 cm³/mol. The van der Waals surface area contributed by atoms with Gasteiger partial charge in [0, 0.05) is 9.75 Å². The maximum absolute atomic E-state index is 12.1. The van der Waals surface area contributed by atoms with Gasteiger partial charge >= 0.3 is 0 Å². The van der Waals surface area contributed by atoms with Gasteiger partial charge in [0.1, 0.15) is 0 Å². The number of amides is 2. The van der Waals surface area contributed by atoms with Crippen LogP contribution in [-0.2, 0) is 12.8 Å². The molecule has 0 unspecified atom stereocenters. The van der Waals surface area contributed by atoms with Gasteiger partial charge in [0.2, 0.25) is 0 Å². The Bertz CT molecular complexity index is 664. The second-order valence-corrected chi connectivity index (χ2v) is 7.51. The van der Waals surface area contributed by atoms with Gasteiger partial charge in [-0.3, -0.25) is 20.4 Å². The van der Waals surface area contributed by atoms with E-state index in [4.69, 9.17) is 0 Å². The SMILES string of the molecule is Cc1ccc(C(=O)NNC(=O)c2cc3c(s2)CCCC3)s1. The summed E-state index contributed by atoms with van der Waals surface area (Å²) in [6.07, 6.45) is 4.51. The zero-order chi connectivity index (χ0) is 14.8. The molecular formula is C15H16N2O2S2. The predicted octanol–water partition coefficient (Wildman–Crippen LogP) is 3.07. The maximum Gasteiger partial charge on any atom is 0.279 e. The van der Waals surface area contributed by atoms with E-state index in [0.29, 0.717) is 9.75 Å². The maximum atomic E-state index is 12.1. The monoisotopic (exact) mass is 320 g/mol. The molecule has 2 heterocycles. The molecule has 2 aromatic heterocycles. The Balaban J connectivity index is 1.61. The lowest BCUT2D eigenvalue weighted by Crippen LogP contribution is -2.41. The summed E-state index contributed by atoms with van der Waals surface area (Å²) in [5.41, 5.74) is 6.25. The first-order chi connectivity index (χ1) is 10.1. The first-order valence-corrected chi connectivity index (χ1v) is 8.55. The average Bonchev–Trinajstić information content (AvgIpc) is 3.10. The largest absolute Gasteiger partial charge is 0.279 e. The summed E-state index contributed by atoms with van der Waals surface area (Å²) in [7, 11) is 0. The molecule has 0 bridgehead atoms. The molecule has 0 spiro atoms. The molecule has 21 heavy (non-hydrogen) atoms. The van der Waals surface area contributed by atoms with Crippen molar-refractivity contribution >= 4 is 34.5 Å². The highest BCUT2D eigenvalue weighted by Crippen LogP contribution is 2.29. The molecule has 0 radical (unpaired) electrons. The number of carbonyl (C=O) groups is 2. The fourth-order valence-corrected chi connectivity index (χ4v) is 4.31. The van der Waals surface area contributed by atoms with Crippen LogP contribution in [0.5, 0.6) is 0 Å². The van der Waals surface area contributed by atoms with Crippen molar-refractivity contribution in [2.24, 2.45) is 0 Å². The zero-order valence-electron chi connectivity index (χ0n) is 11.7. The number of carbonyl (C=O) groups excluding carboxylic acids is 2. The number of thiophene rings is 2. The summed E-state index contributed by atoms with van der Waals surface area (Å²) in [5.74, 6) is -0.515. The highest BCUT2D eigenvalue weighted by Gasteiger charge is 2.18. The Kier molecular flexibility index (Phi) is 4.07. The van der Waals surface area contributed by atoms with E-state index in [1.165, 1.54) is 46.0 Å². The molecule has 2 amide bonds. The summed E-state index contributed by atoms with van der Waals surface area (Å²) in [4.78, 5) is 27.6. The molecule has 0 saturated heterocycles. The van der Waals surface area contributed by atoms with Gasteiger partial charge in [-0.25, -0.2) is 0 Å². The van der Waals surface area contributed by atoms with Crippen LogP contribution in [-0.4, -0.2) is 11.8 Å². The molecule has 4 nitrogen and oxygen atoms in total. The van der Waals surface area contributed by atoms with E-state index in [0.717, 1.165) is 17.7 Å². The quantitative estimate of drug-likeness (QED) is 0.836. The second-order valence-electron chi connectivity index (χ2n) is 5.08. The van der Waals surface area contributed by atoms with Gasteiger partial charge in [0.25, 0.3) is 11.8 Å². The normalized spacial score (nSPS) is 13.6. The van der Waals surface area contributed by atoms with Crippen molar-refractivity contribution in [1.29, 1.82) is 0 Å². The van der Waals surface area contributed by atoms with Gasteiger partial charge in [-0.15, -0.1) is 22.7 Å². The van der Waals surface area contributed by atoms with Crippen molar-refractivity contribution < 1.29 is 9.59 Å². The highest BCUT2D eigenvalue weighted by molar-refractivity contribution is 7.14. The Morgan fingerprint density at radius 3 is 2.38 bits per heavy atom. The Morgan fingerprint density at radius 1 is 1.00 bits per heavy atom. The van der Waals surface area contributed by atoms with Crippen molar-refractivity contribution in [3.8, 4) is 0 Å². The summed E-state index contributed by atoms with van der Waals surface area (Å²) >= 11 is 2.94. The topological polar surface area (TPSA) is 58.2 Å². The third-order valence-corrected chi connectivity index (χ3v) is 5.71. The van der Waals surface area contributed by atoms with E-state index >= 15 is 0 Å². The number of hydrogen-bond donors (Lipinski definition) is 2. The summed E-state index contributed by atoms with van der Waals surface area (Å²) in [6, 6.07) is 5.59. The van der Waals surface area contributed by atoms with Crippen LogP contribution in [0.3, 0.4) is 0 Å². The molecule has 2 aromatic rings. The Labute approximate surface area is 131 Å². The van der Waals surface area contributed by atoms with E-state index in [2.05, 4.69) is 10.9 Å². The number of hydrogen-bond acceptors (Lipinski definition) is 4. The van der Waals surface area contributed by atoms with Crippen LogP contribution >= 0.6 is 22.7 Å². The molecule has 0 atom stereocenters.